The van der Waals surface area contributed by atoms with E-state index in [4.69, 9.17) is 10.6 Å². The van der Waals surface area contributed by atoms with Crippen LogP contribution in [0, 0.1) is 0 Å². The van der Waals surface area contributed by atoms with Gasteiger partial charge in [-0.05, 0) is 29.1 Å². The van der Waals surface area contributed by atoms with Crippen molar-refractivity contribution in [3.63, 3.8) is 0 Å². The zero-order chi connectivity index (χ0) is 19.2. The SMILES string of the molecule is COc1ccc(Cc2nnc(SCC(=O)N(C)Cc3cccs3)n2N)cc1. The maximum Gasteiger partial charge on any atom is 0.233 e. The van der Waals surface area contributed by atoms with E-state index in [1.54, 1.807) is 30.4 Å². The van der Waals surface area contributed by atoms with Gasteiger partial charge >= 0.3 is 0 Å². The summed E-state index contributed by atoms with van der Waals surface area (Å²) in [6.07, 6.45) is 0.556. The van der Waals surface area contributed by atoms with Gasteiger partial charge < -0.3 is 15.5 Å². The molecule has 9 heteroatoms. The van der Waals surface area contributed by atoms with Crippen molar-refractivity contribution in [3.05, 3.63) is 58.0 Å². The third kappa shape index (κ3) is 5.01. The van der Waals surface area contributed by atoms with Crippen molar-refractivity contribution in [1.29, 1.82) is 0 Å². The van der Waals surface area contributed by atoms with Crippen LogP contribution in [0.3, 0.4) is 0 Å². The number of thioether (sulfide) groups is 1. The molecule has 2 heterocycles. The van der Waals surface area contributed by atoms with Crippen molar-refractivity contribution < 1.29 is 9.53 Å². The fraction of sp³-hybridized carbons (Fsp3) is 0.278. The Morgan fingerprint density at radius 2 is 2.07 bits per heavy atom. The quantitative estimate of drug-likeness (QED) is 0.459. The Morgan fingerprint density at radius 1 is 1.30 bits per heavy atom. The summed E-state index contributed by atoms with van der Waals surface area (Å²) >= 11 is 2.93. The van der Waals surface area contributed by atoms with Crippen LogP contribution < -0.4 is 10.6 Å². The Bertz CT molecular complexity index is 878. The third-order valence-electron chi connectivity index (χ3n) is 3.98. The second-order valence-electron chi connectivity index (χ2n) is 5.91. The van der Waals surface area contributed by atoms with Gasteiger partial charge in [0.2, 0.25) is 11.1 Å². The van der Waals surface area contributed by atoms with Gasteiger partial charge in [-0.25, -0.2) is 4.68 Å². The largest absolute Gasteiger partial charge is 0.497 e. The minimum atomic E-state index is 0.0214. The topological polar surface area (TPSA) is 86.3 Å². The highest BCUT2D eigenvalue weighted by Crippen LogP contribution is 2.19. The Kier molecular flexibility index (Phi) is 6.36. The van der Waals surface area contributed by atoms with Gasteiger partial charge in [0, 0.05) is 18.3 Å². The summed E-state index contributed by atoms with van der Waals surface area (Å²) < 4.78 is 6.60. The van der Waals surface area contributed by atoms with Gasteiger partial charge in [-0.2, -0.15) is 0 Å². The first-order valence-corrected chi connectivity index (χ1v) is 10.1. The molecule has 0 atom stereocenters. The van der Waals surface area contributed by atoms with Gasteiger partial charge in [-0.15, -0.1) is 21.5 Å². The molecule has 0 aliphatic heterocycles. The average molecular weight is 404 g/mol. The first-order chi connectivity index (χ1) is 13.1. The molecule has 0 saturated carbocycles. The molecule has 3 rings (SSSR count). The van der Waals surface area contributed by atoms with E-state index in [0.29, 0.717) is 23.9 Å². The molecule has 0 aliphatic rings. The van der Waals surface area contributed by atoms with Crippen LogP contribution in [0.2, 0.25) is 0 Å². The molecule has 2 N–H and O–H groups in total. The highest BCUT2D eigenvalue weighted by Gasteiger charge is 2.15. The molecule has 2 aromatic heterocycles. The summed E-state index contributed by atoms with van der Waals surface area (Å²) in [5.74, 6) is 7.83. The lowest BCUT2D eigenvalue weighted by molar-refractivity contribution is -0.127. The molecular formula is C18H21N5O2S2. The van der Waals surface area contributed by atoms with E-state index >= 15 is 0 Å². The summed E-state index contributed by atoms with van der Waals surface area (Å²) in [4.78, 5) is 15.2. The van der Waals surface area contributed by atoms with Crippen LogP contribution in [-0.4, -0.2) is 45.6 Å². The molecule has 0 saturated heterocycles. The van der Waals surface area contributed by atoms with Gasteiger partial charge in [-0.1, -0.05) is 30.0 Å². The molecule has 0 fully saturated rings. The van der Waals surface area contributed by atoms with Crippen molar-refractivity contribution >= 4 is 29.0 Å². The van der Waals surface area contributed by atoms with E-state index in [2.05, 4.69) is 10.2 Å². The maximum absolute atomic E-state index is 12.3. The Morgan fingerprint density at radius 3 is 2.74 bits per heavy atom. The molecule has 3 aromatic rings. The van der Waals surface area contributed by atoms with Crippen molar-refractivity contribution in [3.8, 4) is 5.75 Å². The maximum atomic E-state index is 12.3. The minimum absolute atomic E-state index is 0.0214. The number of carbonyl (C=O) groups is 1. The van der Waals surface area contributed by atoms with E-state index < -0.39 is 0 Å². The highest BCUT2D eigenvalue weighted by atomic mass is 32.2. The van der Waals surface area contributed by atoms with Crippen LogP contribution in [-0.2, 0) is 17.8 Å². The number of rotatable bonds is 8. The average Bonchev–Trinajstić information content (AvgIpc) is 3.31. The van der Waals surface area contributed by atoms with E-state index in [1.165, 1.54) is 16.4 Å². The zero-order valence-corrected chi connectivity index (χ0v) is 16.8. The summed E-state index contributed by atoms with van der Waals surface area (Å²) in [5.41, 5.74) is 1.05. The predicted octanol–water partition coefficient (Wildman–Crippen LogP) is 2.40. The van der Waals surface area contributed by atoms with Gasteiger partial charge in [0.15, 0.2) is 5.82 Å². The Labute approximate surface area is 166 Å². The second-order valence-corrected chi connectivity index (χ2v) is 7.89. The number of nitrogens with zero attached hydrogens (tertiary/aromatic N) is 4. The monoisotopic (exact) mass is 403 g/mol. The number of ether oxygens (including phenoxy) is 1. The van der Waals surface area contributed by atoms with Gasteiger partial charge in [-0.3, -0.25) is 4.79 Å². The van der Waals surface area contributed by atoms with Gasteiger partial charge in [0.25, 0.3) is 0 Å². The molecule has 142 valence electrons. The smallest absolute Gasteiger partial charge is 0.233 e. The van der Waals surface area contributed by atoms with E-state index in [9.17, 15) is 4.79 Å². The van der Waals surface area contributed by atoms with Crippen LogP contribution in [0.15, 0.2) is 46.9 Å². The number of nitrogens with two attached hydrogens (primary N) is 1. The normalized spacial score (nSPS) is 10.7. The van der Waals surface area contributed by atoms with Crippen LogP contribution in [0.4, 0.5) is 0 Å². The van der Waals surface area contributed by atoms with E-state index in [-0.39, 0.29) is 11.7 Å². The molecule has 0 bridgehead atoms. The van der Waals surface area contributed by atoms with Crippen LogP contribution in [0.25, 0.3) is 0 Å². The lowest BCUT2D eigenvalue weighted by Crippen LogP contribution is -2.27. The number of amides is 1. The molecule has 27 heavy (non-hydrogen) atoms. The molecule has 1 amide bonds. The first-order valence-electron chi connectivity index (χ1n) is 8.28. The number of hydrogen-bond donors (Lipinski definition) is 1. The van der Waals surface area contributed by atoms with Crippen molar-refractivity contribution in [2.24, 2.45) is 0 Å². The Balaban J connectivity index is 1.55. The summed E-state index contributed by atoms with van der Waals surface area (Å²) in [5, 5.41) is 10.8. The number of hydrogen-bond acceptors (Lipinski definition) is 7. The predicted molar refractivity (Wildman–Crippen MR) is 107 cm³/mol. The number of nitrogen functional groups attached to an aromatic ring is 1. The standard InChI is InChI=1S/C18H21N5O2S2/c1-22(11-15-4-3-9-26-15)17(24)12-27-18-21-20-16(23(18)19)10-13-5-7-14(25-2)8-6-13/h3-9H,10-12,19H2,1-2H3. The lowest BCUT2D eigenvalue weighted by Gasteiger charge is -2.15. The fourth-order valence-electron chi connectivity index (χ4n) is 2.41. The van der Waals surface area contributed by atoms with Crippen LogP contribution in [0.5, 0.6) is 5.75 Å². The molecule has 7 nitrogen and oxygen atoms in total. The van der Waals surface area contributed by atoms with E-state index in [1.807, 2.05) is 41.8 Å². The van der Waals surface area contributed by atoms with Crippen LogP contribution >= 0.6 is 23.1 Å². The lowest BCUT2D eigenvalue weighted by atomic mass is 10.1. The summed E-state index contributed by atoms with van der Waals surface area (Å²) in [7, 11) is 3.43. The van der Waals surface area contributed by atoms with Crippen molar-refractivity contribution in [2.45, 2.75) is 18.1 Å². The first kappa shape index (κ1) is 19.2. The molecule has 0 spiro atoms. The highest BCUT2D eigenvalue weighted by molar-refractivity contribution is 7.99. The molecular weight excluding hydrogens is 382 g/mol. The molecule has 0 radical (unpaired) electrons. The number of aromatic nitrogens is 3. The number of benzene rings is 1. The molecule has 0 aliphatic carbocycles. The number of carbonyl (C=O) groups excluding carboxylic acids is 1. The molecule has 1 aromatic carbocycles. The van der Waals surface area contributed by atoms with Gasteiger partial charge in [0.05, 0.1) is 19.4 Å². The zero-order valence-electron chi connectivity index (χ0n) is 15.2. The van der Waals surface area contributed by atoms with Gasteiger partial charge in [0.1, 0.15) is 5.75 Å². The van der Waals surface area contributed by atoms with Crippen molar-refractivity contribution in [2.75, 3.05) is 25.8 Å². The van der Waals surface area contributed by atoms with E-state index in [0.717, 1.165) is 16.2 Å². The number of thiophene rings is 1. The summed E-state index contributed by atoms with van der Waals surface area (Å²) in [6.45, 7) is 0.606. The van der Waals surface area contributed by atoms with Crippen molar-refractivity contribution in [1.82, 2.24) is 19.8 Å². The fourth-order valence-corrected chi connectivity index (χ4v) is 3.99. The molecule has 0 unspecified atom stereocenters. The summed E-state index contributed by atoms with van der Waals surface area (Å²) in [6, 6.07) is 11.7. The second kappa shape index (κ2) is 8.92. The third-order valence-corrected chi connectivity index (χ3v) is 5.77. The Hall–Kier alpha value is -2.52. The number of methoxy groups -OCH3 is 1. The van der Waals surface area contributed by atoms with Crippen LogP contribution in [0.1, 0.15) is 16.3 Å². The minimum Gasteiger partial charge on any atom is -0.497 e.